The molecule has 0 radical (unpaired) electrons. The van der Waals surface area contributed by atoms with Gasteiger partial charge in [0.1, 0.15) is 12.6 Å². The Kier molecular flexibility index (Phi) is 5.47. The lowest BCUT2D eigenvalue weighted by atomic mass is 10.2. The van der Waals surface area contributed by atoms with E-state index in [1.807, 2.05) is 0 Å². The molecule has 2 rings (SSSR count). The number of alkyl halides is 3. The number of hydrogen-bond donors (Lipinski definition) is 2. The van der Waals surface area contributed by atoms with Crippen molar-refractivity contribution in [1.29, 1.82) is 0 Å². The van der Waals surface area contributed by atoms with Crippen LogP contribution in [0, 0.1) is 0 Å². The van der Waals surface area contributed by atoms with Crippen molar-refractivity contribution in [1.82, 2.24) is 20.5 Å². The quantitative estimate of drug-likeness (QED) is 0.835. The number of aromatic nitrogens is 1. The Hall–Kier alpha value is -2.52. The first-order valence-corrected chi connectivity index (χ1v) is 7.17. The molecule has 0 bridgehead atoms. The molecule has 1 unspecified atom stereocenters. The Morgan fingerprint density at radius 3 is 2.92 bits per heavy atom. The number of nitrogens with zero attached hydrogens (tertiary/aromatic N) is 2. The molecule has 24 heavy (non-hydrogen) atoms. The second-order valence-corrected chi connectivity index (χ2v) is 5.25. The van der Waals surface area contributed by atoms with Crippen LogP contribution in [0.3, 0.4) is 0 Å². The predicted molar refractivity (Wildman–Crippen MR) is 77.2 cm³/mol. The highest BCUT2D eigenvalue weighted by Gasteiger charge is 2.39. The first kappa shape index (κ1) is 17.8. The van der Waals surface area contributed by atoms with Crippen molar-refractivity contribution in [3.63, 3.8) is 0 Å². The van der Waals surface area contributed by atoms with E-state index in [0.29, 0.717) is 10.8 Å². The second kappa shape index (κ2) is 7.37. The van der Waals surface area contributed by atoms with Gasteiger partial charge in [-0.1, -0.05) is 0 Å². The van der Waals surface area contributed by atoms with Crippen molar-refractivity contribution in [3.8, 4) is 5.88 Å². The van der Waals surface area contributed by atoms with Crippen LogP contribution >= 0.6 is 0 Å². The lowest BCUT2D eigenvalue weighted by Gasteiger charge is -2.18. The van der Waals surface area contributed by atoms with Crippen molar-refractivity contribution in [2.24, 2.45) is 0 Å². The standard InChI is InChI=1S/C14H17F3N4O3/c1-24-11-6-9(2-4-18-11)7-19-13(23)20-10-3-5-21(12(10)22)8-14(15,16)17/h2,4,6,10H,3,5,7-8H2,1H3,(H2,19,20,23). The Balaban J connectivity index is 1.81. The average Bonchev–Trinajstić information content (AvgIpc) is 2.84. The van der Waals surface area contributed by atoms with E-state index in [4.69, 9.17) is 4.74 Å². The van der Waals surface area contributed by atoms with Crippen LogP contribution < -0.4 is 15.4 Å². The Morgan fingerprint density at radius 2 is 2.25 bits per heavy atom. The highest BCUT2D eigenvalue weighted by atomic mass is 19.4. The second-order valence-electron chi connectivity index (χ2n) is 5.25. The molecule has 10 heteroatoms. The molecule has 2 heterocycles. The van der Waals surface area contributed by atoms with Gasteiger partial charge in [0.25, 0.3) is 0 Å². The number of halogens is 3. The summed E-state index contributed by atoms with van der Waals surface area (Å²) in [5.74, 6) is -0.337. The zero-order valence-corrected chi connectivity index (χ0v) is 12.9. The van der Waals surface area contributed by atoms with Crippen LogP contribution in [0.15, 0.2) is 18.3 Å². The fourth-order valence-electron chi connectivity index (χ4n) is 2.31. The zero-order chi connectivity index (χ0) is 17.7. The molecule has 0 saturated carbocycles. The van der Waals surface area contributed by atoms with Gasteiger partial charge in [0.05, 0.1) is 7.11 Å². The van der Waals surface area contributed by atoms with Crippen LogP contribution in [0.2, 0.25) is 0 Å². The Bertz CT molecular complexity index is 609. The summed E-state index contributed by atoms with van der Waals surface area (Å²) in [7, 11) is 1.46. The molecule has 0 aliphatic carbocycles. The van der Waals surface area contributed by atoms with Crippen LogP contribution in [0.1, 0.15) is 12.0 Å². The van der Waals surface area contributed by atoms with Crippen LogP contribution in [0.4, 0.5) is 18.0 Å². The van der Waals surface area contributed by atoms with Crippen molar-refractivity contribution < 1.29 is 27.5 Å². The largest absolute Gasteiger partial charge is 0.481 e. The predicted octanol–water partition coefficient (Wildman–Crippen LogP) is 1.05. The Labute approximate surface area is 136 Å². The number of methoxy groups -OCH3 is 1. The van der Waals surface area contributed by atoms with Gasteiger partial charge < -0.3 is 20.3 Å². The summed E-state index contributed by atoms with van der Waals surface area (Å²) in [5, 5.41) is 4.92. The fraction of sp³-hybridized carbons (Fsp3) is 0.500. The molecule has 2 N–H and O–H groups in total. The van der Waals surface area contributed by atoms with Crippen LogP contribution in [0.25, 0.3) is 0 Å². The summed E-state index contributed by atoms with van der Waals surface area (Å²) >= 11 is 0. The van der Waals surface area contributed by atoms with Gasteiger partial charge in [0, 0.05) is 25.4 Å². The van der Waals surface area contributed by atoms with Crippen LogP contribution in [-0.4, -0.2) is 54.2 Å². The lowest BCUT2D eigenvalue weighted by Crippen LogP contribution is -2.47. The molecule has 1 aromatic heterocycles. The molecule has 1 aromatic rings. The molecular weight excluding hydrogens is 329 g/mol. The summed E-state index contributed by atoms with van der Waals surface area (Å²) in [5.41, 5.74) is 0.730. The molecule has 0 aromatic carbocycles. The van der Waals surface area contributed by atoms with Gasteiger partial charge in [-0.25, -0.2) is 9.78 Å². The third-order valence-electron chi connectivity index (χ3n) is 3.43. The van der Waals surface area contributed by atoms with Gasteiger partial charge in [-0.15, -0.1) is 0 Å². The minimum Gasteiger partial charge on any atom is -0.481 e. The maximum absolute atomic E-state index is 12.3. The number of rotatable bonds is 5. The summed E-state index contributed by atoms with van der Waals surface area (Å²) < 4.78 is 41.9. The molecule has 1 fully saturated rings. The van der Waals surface area contributed by atoms with Crippen molar-refractivity contribution >= 4 is 11.9 Å². The average molecular weight is 346 g/mol. The summed E-state index contributed by atoms with van der Waals surface area (Å²) in [6.45, 7) is -1.18. The van der Waals surface area contributed by atoms with E-state index in [9.17, 15) is 22.8 Å². The number of pyridine rings is 1. The topological polar surface area (TPSA) is 83.6 Å². The highest BCUT2D eigenvalue weighted by molar-refractivity contribution is 5.88. The summed E-state index contributed by atoms with van der Waals surface area (Å²) in [6.07, 6.45) is -2.79. The highest BCUT2D eigenvalue weighted by Crippen LogP contribution is 2.20. The Morgan fingerprint density at radius 1 is 1.50 bits per heavy atom. The third-order valence-corrected chi connectivity index (χ3v) is 3.43. The van der Waals surface area contributed by atoms with Gasteiger partial charge in [-0.05, 0) is 18.1 Å². The number of nitrogens with one attached hydrogen (secondary N) is 2. The SMILES string of the molecule is COc1cc(CNC(=O)NC2CCN(CC(F)(F)F)C2=O)ccn1. The number of amides is 3. The van der Waals surface area contributed by atoms with E-state index in [2.05, 4.69) is 15.6 Å². The van der Waals surface area contributed by atoms with Gasteiger partial charge in [0.15, 0.2) is 0 Å². The van der Waals surface area contributed by atoms with E-state index in [1.165, 1.54) is 13.3 Å². The molecule has 1 saturated heterocycles. The van der Waals surface area contributed by atoms with Gasteiger partial charge in [0.2, 0.25) is 11.8 Å². The first-order valence-electron chi connectivity index (χ1n) is 7.17. The van der Waals surface area contributed by atoms with Crippen molar-refractivity contribution in [2.75, 3.05) is 20.2 Å². The van der Waals surface area contributed by atoms with E-state index >= 15 is 0 Å². The van der Waals surface area contributed by atoms with E-state index in [0.717, 1.165) is 5.56 Å². The van der Waals surface area contributed by atoms with Gasteiger partial charge in [-0.3, -0.25) is 4.79 Å². The van der Waals surface area contributed by atoms with Crippen LogP contribution in [-0.2, 0) is 11.3 Å². The maximum Gasteiger partial charge on any atom is 0.406 e. The number of carbonyl (C=O) groups excluding carboxylic acids is 2. The monoisotopic (exact) mass is 346 g/mol. The minimum atomic E-state index is -4.45. The molecule has 3 amide bonds. The van der Waals surface area contributed by atoms with Gasteiger partial charge >= 0.3 is 12.2 Å². The molecule has 1 atom stereocenters. The van der Waals surface area contributed by atoms with E-state index < -0.39 is 30.7 Å². The van der Waals surface area contributed by atoms with Crippen LogP contribution in [0.5, 0.6) is 5.88 Å². The number of carbonyl (C=O) groups is 2. The normalized spacial score (nSPS) is 17.8. The van der Waals surface area contributed by atoms with Gasteiger partial charge in [-0.2, -0.15) is 13.2 Å². The molecule has 1 aliphatic rings. The number of hydrogen-bond acceptors (Lipinski definition) is 4. The molecule has 0 spiro atoms. The molecular formula is C14H17F3N4O3. The van der Waals surface area contributed by atoms with E-state index in [1.54, 1.807) is 12.1 Å². The summed E-state index contributed by atoms with van der Waals surface area (Å²) in [6, 6.07) is 1.73. The molecule has 1 aliphatic heterocycles. The molecule has 7 nitrogen and oxygen atoms in total. The minimum absolute atomic E-state index is 0.0369. The maximum atomic E-state index is 12.3. The number of urea groups is 1. The van der Waals surface area contributed by atoms with E-state index in [-0.39, 0.29) is 19.5 Å². The summed E-state index contributed by atoms with van der Waals surface area (Å²) in [4.78, 5) is 28.3. The molecule has 132 valence electrons. The third kappa shape index (κ3) is 5.00. The zero-order valence-electron chi connectivity index (χ0n) is 12.9. The fourth-order valence-corrected chi connectivity index (χ4v) is 2.31. The smallest absolute Gasteiger partial charge is 0.406 e. The lowest BCUT2D eigenvalue weighted by molar-refractivity contribution is -0.157. The van der Waals surface area contributed by atoms with Crippen molar-refractivity contribution in [2.45, 2.75) is 25.2 Å². The first-order chi connectivity index (χ1) is 11.3. The number of likely N-dealkylation sites (tertiary alicyclic amines) is 1. The number of ether oxygens (including phenoxy) is 1. The van der Waals surface area contributed by atoms with Crippen molar-refractivity contribution in [3.05, 3.63) is 23.9 Å².